The van der Waals surface area contributed by atoms with Crippen LogP contribution in [0.5, 0.6) is 0 Å². The zero-order chi connectivity index (χ0) is 15.8. The molecule has 7 heteroatoms. The zero-order valence-corrected chi connectivity index (χ0v) is 11.9. The summed E-state index contributed by atoms with van der Waals surface area (Å²) in [5, 5.41) is 12.6. The quantitative estimate of drug-likeness (QED) is 0.806. The number of unbranched alkanes of at least 4 members (excludes halogenated alkanes) is 1. The predicted molar refractivity (Wildman–Crippen MR) is 78.3 cm³/mol. The van der Waals surface area contributed by atoms with Gasteiger partial charge >= 0.3 is 6.03 Å². The minimum absolute atomic E-state index is 0.319. The molecule has 0 spiro atoms. The second kappa shape index (κ2) is 8.02. The Morgan fingerprint density at radius 2 is 1.95 bits per heavy atom. The smallest absolute Gasteiger partial charge is 0.319 e. The molecule has 0 atom stereocenters. The van der Waals surface area contributed by atoms with E-state index in [0.717, 1.165) is 24.5 Å². The van der Waals surface area contributed by atoms with Crippen LogP contribution in [0.25, 0.3) is 0 Å². The lowest BCUT2D eigenvalue weighted by atomic mass is 10.1. The third-order valence-electron chi connectivity index (χ3n) is 3.00. The molecule has 2 rings (SSSR count). The Labute approximate surface area is 126 Å². The van der Waals surface area contributed by atoms with Crippen LogP contribution in [0.15, 0.2) is 36.7 Å². The fraction of sp³-hybridized carbons (Fsp3) is 0.267. The number of carbonyl (C=O) groups is 1. The number of hydrogen-bond donors (Lipinski definition) is 2. The lowest BCUT2D eigenvalue weighted by molar-refractivity contribution is 0.252. The number of nitrogens with one attached hydrogen (secondary N) is 2. The first-order valence-corrected chi connectivity index (χ1v) is 6.90. The van der Waals surface area contributed by atoms with E-state index in [2.05, 4.69) is 20.8 Å². The molecule has 0 saturated heterocycles. The average molecular weight is 306 g/mol. The Balaban J connectivity index is 1.62. The number of aromatic nitrogens is 2. The fourth-order valence-electron chi connectivity index (χ4n) is 1.89. The first-order chi connectivity index (χ1) is 10.6. The molecule has 1 aromatic carbocycles. The maximum atomic E-state index is 13.0. The normalized spacial score (nSPS) is 10.3. The Kier molecular flexibility index (Phi) is 5.76. The molecule has 1 aromatic heterocycles. The van der Waals surface area contributed by atoms with Gasteiger partial charge in [0.1, 0.15) is 0 Å². The van der Waals surface area contributed by atoms with Crippen molar-refractivity contribution < 1.29 is 13.6 Å². The second-order valence-corrected chi connectivity index (χ2v) is 4.72. The summed E-state index contributed by atoms with van der Waals surface area (Å²) in [4.78, 5) is 11.6. The summed E-state index contributed by atoms with van der Waals surface area (Å²) in [6.45, 7) is 0.494. The summed E-state index contributed by atoms with van der Waals surface area (Å²) in [6, 6.07) is 5.20. The van der Waals surface area contributed by atoms with E-state index in [4.69, 9.17) is 0 Å². The van der Waals surface area contributed by atoms with Crippen molar-refractivity contribution in [2.45, 2.75) is 19.3 Å². The van der Waals surface area contributed by atoms with Crippen LogP contribution in [-0.4, -0.2) is 22.8 Å². The molecular weight excluding hydrogens is 290 g/mol. The SMILES string of the molecule is O=C(NCCCCc1ccc(F)c(F)c1)Nc1ccnnc1. The van der Waals surface area contributed by atoms with E-state index in [9.17, 15) is 13.6 Å². The molecular formula is C15H16F2N4O. The van der Waals surface area contributed by atoms with Gasteiger partial charge in [-0.05, 0) is 43.0 Å². The molecule has 0 bridgehead atoms. The van der Waals surface area contributed by atoms with Crippen LogP contribution < -0.4 is 10.6 Å². The van der Waals surface area contributed by atoms with Gasteiger partial charge < -0.3 is 10.6 Å². The van der Waals surface area contributed by atoms with E-state index in [1.54, 1.807) is 12.1 Å². The van der Waals surface area contributed by atoms with Gasteiger partial charge in [0, 0.05) is 6.54 Å². The highest BCUT2D eigenvalue weighted by Crippen LogP contribution is 2.11. The second-order valence-electron chi connectivity index (χ2n) is 4.72. The highest BCUT2D eigenvalue weighted by Gasteiger charge is 2.03. The third-order valence-corrected chi connectivity index (χ3v) is 3.00. The maximum absolute atomic E-state index is 13.0. The van der Waals surface area contributed by atoms with Crippen molar-refractivity contribution in [1.29, 1.82) is 0 Å². The Hall–Kier alpha value is -2.57. The number of rotatable bonds is 6. The van der Waals surface area contributed by atoms with Crippen molar-refractivity contribution in [2.24, 2.45) is 0 Å². The van der Waals surface area contributed by atoms with E-state index >= 15 is 0 Å². The Bertz CT molecular complexity index is 622. The van der Waals surface area contributed by atoms with Gasteiger partial charge in [-0.15, -0.1) is 0 Å². The molecule has 0 aliphatic rings. The van der Waals surface area contributed by atoms with Gasteiger partial charge in [0.05, 0.1) is 18.1 Å². The standard InChI is InChI=1S/C15H16F2N4O/c16-13-5-4-11(9-14(13)17)3-1-2-7-18-15(22)21-12-6-8-19-20-10-12/h4-6,8-10H,1-3,7H2,(H2,18,19,21,22). The molecule has 0 aliphatic carbocycles. The molecule has 1 heterocycles. The van der Waals surface area contributed by atoms with Gasteiger partial charge in [-0.3, -0.25) is 0 Å². The minimum atomic E-state index is -0.840. The van der Waals surface area contributed by atoms with Gasteiger partial charge in [-0.25, -0.2) is 13.6 Å². The number of hydrogen-bond acceptors (Lipinski definition) is 3. The van der Waals surface area contributed by atoms with Gasteiger partial charge in [0.15, 0.2) is 11.6 Å². The van der Waals surface area contributed by atoms with Crippen molar-refractivity contribution in [2.75, 3.05) is 11.9 Å². The highest BCUT2D eigenvalue weighted by molar-refractivity contribution is 5.88. The molecule has 116 valence electrons. The Morgan fingerprint density at radius 1 is 1.09 bits per heavy atom. The fourth-order valence-corrected chi connectivity index (χ4v) is 1.89. The largest absolute Gasteiger partial charge is 0.338 e. The molecule has 0 unspecified atom stereocenters. The summed E-state index contributed by atoms with van der Waals surface area (Å²) < 4.78 is 25.8. The van der Waals surface area contributed by atoms with Gasteiger partial charge in [-0.2, -0.15) is 10.2 Å². The monoisotopic (exact) mass is 306 g/mol. The van der Waals surface area contributed by atoms with Crippen molar-refractivity contribution >= 4 is 11.7 Å². The van der Waals surface area contributed by atoms with Crippen LogP contribution in [-0.2, 0) is 6.42 Å². The van der Waals surface area contributed by atoms with Crippen LogP contribution in [0.4, 0.5) is 19.3 Å². The van der Waals surface area contributed by atoms with Crippen molar-refractivity contribution in [3.05, 3.63) is 53.9 Å². The van der Waals surface area contributed by atoms with Gasteiger partial charge in [-0.1, -0.05) is 6.07 Å². The number of anilines is 1. The summed E-state index contributed by atoms with van der Waals surface area (Å²) in [5.41, 5.74) is 1.31. The molecule has 22 heavy (non-hydrogen) atoms. The first kappa shape index (κ1) is 15.8. The molecule has 0 radical (unpaired) electrons. The molecule has 0 aliphatic heterocycles. The van der Waals surface area contributed by atoms with E-state index in [1.165, 1.54) is 18.5 Å². The number of nitrogens with zero attached hydrogens (tertiary/aromatic N) is 2. The third kappa shape index (κ3) is 5.08. The minimum Gasteiger partial charge on any atom is -0.338 e. The predicted octanol–water partition coefficient (Wildman–Crippen LogP) is 2.90. The number of benzene rings is 1. The molecule has 0 saturated carbocycles. The average Bonchev–Trinajstić information content (AvgIpc) is 2.51. The van der Waals surface area contributed by atoms with Crippen LogP contribution in [0.2, 0.25) is 0 Å². The molecule has 0 fully saturated rings. The molecule has 2 amide bonds. The number of aryl methyl sites for hydroxylation is 1. The van der Waals surface area contributed by atoms with Gasteiger partial charge in [0.2, 0.25) is 0 Å². The van der Waals surface area contributed by atoms with E-state index < -0.39 is 11.6 Å². The first-order valence-electron chi connectivity index (χ1n) is 6.90. The lowest BCUT2D eigenvalue weighted by Crippen LogP contribution is -2.29. The molecule has 2 N–H and O–H groups in total. The number of carbonyl (C=O) groups excluding carboxylic acids is 1. The summed E-state index contributed by atoms with van der Waals surface area (Å²) in [6.07, 6.45) is 5.07. The van der Waals surface area contributed by atoms with Gasteiger partial charge in [0.25, 0.3) is 0 Å². The molecule has 2 aromatic rings. The van der Waals surface area contributed by atoms with Crippen molar-refractivity contribution in [3.8, 4) is 0 Å². The Morgan fingerprint density at radius 3 is 2.68 bits per heavy atom. The van der Waals surface area contributed by atoms with Crippen molar-refractivity contribution in [1.82, 2.24) is 15.5 Å². The number of amides is 2. The van der Waals surface area contributed by atoms with E-state index in [-0.39, 0.29) is 6.03 Å². The van der Waals surface area contributed by atoms with Crippen molar-refractivity contribution in [3.63, 3.8) is 0 Å². The number of halogens is 2. The summed E-state index contributed by atoms with van der Waals surface area (Å²) >= 11 is 0. The lowest BCUT2D eigenvalue weighted by Gasteiger charge is -2.07. The van der Waals surface area contributed by atoms with E-state index in [1.807, 2.05) is 0 Å². The number of urea groups is 1. The zero-order valence-electron chi connectivity index (χ0n) is 11.9. The maximum Gasteiger partial charge on any atom is 0.319 e. The highest BCUT2D eigenvalue weighted by atomic mass is 19.2. The topological polar surface area (TPSA) is 66.9 Å². The van der Waals surface area contributed by atoms with Crippen LogP contribution in [0.3, 0.4) is 0 Å². The van der Waals surface area contributed by atoms with E-state index in [0.29, 0.717) is 18.7 Å². The summed E-state index contributed by atoms with van der Waals surface area (Å²) in [5.74, 6) is -1.67. The van der Waals surface area contributed by atoms with Crippen LogP contribution in [0, 0.1) is 11.6 Å². The molecule has 5 nitrogen and oxygen atoms in total. The summed E-state index contributed by atoms with van der Waals surface area (Å²) in [7, 11) is 0. The van der Waals surface area contributed by atoms with Crippen LogP contribution >= 0.6 is 0 Å². The van der Waals surface area contributed by atoms with Crippen LogP contribution in [0.1, 0.15) is 18.4 Å².